The summed E-state index contributed by atoms with van der Waals surface area (Å²) in [7, 11) is 1.40. The molecule has 15 heavy (non-hydrogen) atoms. The van der Waals surface area contributed by atoms with Gasteiger partial charge in [0.25, 0.3) is 0 Å². The van der Waals surface area contributed by atoms with Gasteiger partial charge in [0.1, 0.15) is 5.41 Å². The molecule has 1 saturated carbocycles. The van der Waals surface area contributed by atoms with Crippen LogP contribution in [0.5, 0.6) is 0 Å². The van der Waals surface area contributed by atoms with Crippen molar-refractivity contribution in [1.82, 2.24) is 0 Å². The van der Waals surface area contributed by atoms with Gasteiger partial charge in [-0.3, -0.25) is 9.59 Å². The Morgan fingerprint density at radius 2 is 2.27 bits per heavy atom. The first kappa shape index (κ1) is 10.1. The van der Waals surface area contributed by atoms with Gasteiger partial charge >= 0.3 is 5.97 Å². The van der Waals surface area contributed by atoms with E-state index in [-0.39, 0.29) is 11.8 Å². The summed E-state index contributed by atoms with van der Waals surface area (Å²) in [5.41, 5.74) is 0.286. The molecule has 0 unspecified atom stereocenters. The number of ketones is 1. The average molecular weight is 206 g/mol. The SMILES string of the molecule is COC(=O)[C@@]12C=CC(=O)C=C1CCCC2. The Labute approximate surface area is 88.8 Å². The van der Waals surface area contributed by atoms with Gasteiger partial charge in [0, 0.05) is 0 Å². The third-order valence-electron chi connectivity index (χ3n) is 3.24. The molecule has 2 aliphatic rings. The number of carbonyl (C=O) groups is 2. The lowest BCUT2D eigenvalue weighted by Gasteiger charge is -2.35. The van der Waals surface area contributed by atoms with Crippen molar-refractivity contribution in [1.29, 1.82) is 0 Å². The second kappa shape index (κ2) is 3.65. The van der Waals surface area contributed by atoms with Crippen LogP contribution in [-0.4, -0.2) is 18.9 Å². The molecular weight excluding hydrogens is 192 g/mol. The highest BCUT2D eigenvalue weighted by atomic mass is 16.5. The van der Waals surface area contributed by atoms with Gasteiger partial charge in [-0.1, -0.05) is 12.5 Å². The van der Waals surface area contributed by atoms with Gasteiger partial charge in [-0.15, -0.1) is 0 Å². The van der Waals surface area contributed by atoms with Crippen molar-refractivity contribution >= 4 is 11.8 Å². The highest BCUT2D eigenvalue weighted by molar-refractivity contribution is 6.03. The fourth-order valence-electron chi connectivity index (χ4n) is 2.42. The second-order valence-corrected chi connectivity index (χ2v) is 4.08. The number of ether oxygens (including phenoxy) is 1. The summed E-state index contributed by atoms with van der Waals surface area (Å²) in [6.45, 7) is 0. The van der Waals surface area contributed by atoms with Crippen LogP contribution in [0, 0.1) is 5.41 Å². The molecule has 0 heterocycles. The van der Waals surface area contributed by atoms with E-state index < -0.39 is 5.41 Å². The molecule has 0 saturated heterocycles. The molecule has 0 aromatic heterocycles. The van der Waals surface area contributed by atoms with Gasteiger partial charge in [0.2, 0.25) is 0 Å². The molecule has 0 spiro atoms. The van der Waals surface area contributed by atoms with Crippen molar-refractivity contribution in [2.45, 2.75) is 25.7 Å². The Balaban J connectivity index is 2.41. The molecular formula is C12H14O3. The monoisotopic (exact) mass is 206 g/mol. The molecule has 2 rings (SSSR count). The molecule has 0 N–H and O–H groups in total. The van der Waals surface area contributed by atoms with Gasteiger partial charge in [0.15, 0.2) is 5.78 Å². The number of hydrogen-bond donors (Lipinski definition) is 0. The van der Waals surface area contributed by atoms with Gasteiger partial charge in [-0.05, 0) is 37.0 Å². The van der Waals surface area contributed by atoms with Crippen molar-refractivity contribution in [2.24, 2.45) is 5.41 Å². The lowest BCUT2D eigenvalue weighted by Crippen LogP contribution is -2.36. The van der Waals surface area contributed by atoms with E-state index in [1.165, 1.54) is 13.2 Å². The van der Waals surface area contributed by atoms with Crippen LogP contribution in [-0.2, 0) is 14.3 Å². The van der Waals surface area contributed by atoms with Crippen LogP contribution >= 0.6 is 0 Å². The lowest BCUT2D eigenvalue weighted by atomic mass is 9.68. The van der Waals surface area contributed by atoms with Crippen LogP contribution in [0.25, 0.3) is 0 Å². The summed E-state index contributed by atoms with van der Waals surface area (Å²) in [5.74, 6) is -0.261. The molecule has 1 atom stereocenters. The van der Waals surface area contributed by atoms with E-state index in [1.807, 2.05) is 0 Å². The largest absolute Gasteiger partial charge is 0.468 e. The van der Waals surface area contributed by atoms with Gasteiger partial charge < -0.3 is 4.74 Å². The van der Waals surface area contributed by atoms with E-state index in [2.05, 4.69) is 0 Å². The predicted octanol–water partition coefficient (Wildman–Crippen LogP) is 1.79. The third-order valence-corrected chi connectivity index (χ3v) is 3.24. The summed E-state index contributed by atoms with van der Waals surface area (Å²) >= 11 is 0. The van der Waals surface area contributed by atoms with Crippen molar-refractivity contribution < 1.29 is 14.3 Å². The molecule has 0 radical (unpaired) electrons. The summed E-state index contributed by atoms with van der Waals surface area (Å²) < 4.78 is 4.84. The van der Waals surface area contributed by atoms with E-state index in [4.69, 9.17) is 4.74 Å². The average Bonchev–Trinajstić information content (AvgIpc) is 2.28. The van der Waals surface area contributed by atoms with Crippen LogP contribution in [0.3, 0.4) is 0 Å². The number of allylic oxidation sites excluding steroid dienone is 2. The zero-order valence-corrected chi connectivity index (χ0v) is 8.79. The first-order valence-electron chi connectivity index (χ1n) is 5.22. The number of methoxy groups -OCH3 is 1. The lowest BCUT2D eigenvalue weighted by molar-refractivity contribution is -0.148. The number of rotatable bonds is 1. The number of carbonyl (C=O) groups excluding carboxylic acids is 2. The molecule has 1 fully saturated rings. The molecule has 0 amide bonds. The fourth-order valence-corrected chi connectivity index (χ4v) is 2.42. The van der Waals surface area contributed by atoms with Crippen LogP contribution in [0.1, 0.15) is 25.7 Å². The minimum absolute atomic E-state index is 0.0218. The summed E-state index contributed by atoms with van der Waals surface area (Å²) in [6, 6.07) is 0. The molecule has 3 nitrogen and oxygen atoms in total. The smallest absolute Gasteiger partial charge is 0.319 e. The van der Waals surface area contributed by atoms with Gasteiger partial charge in [-0.2, -0.15) is 0 Å². The quantitative estimate of drug-likeness (QED) is 0.614. The molecule has 0 bridgehead atoms. The van der Waals surface area contributed by atoms with Crippen molar-refractivity contribution in [3.63, 3.8) is 0 Å². The zero-order valence-electron chi connectivity index (χ0n) is 8.79. The van der Waals surface area contributed by atoms with Crippen LogP contribution < -0.4 is 0 Å². The molecule has 0 aromatic rings. The Hall–Kier alpha value is -1.38. The second-order valence-electron chi connectivity index (χ2n) is 4.08. The molecule has 80 valence electrons. The Kier molecular flexibility index (Phi) is 2.47. The summed E-state index contributed by atoms with van der Waals surface area (Å²) in [4.78, 5) is 23.1. The Bertz CT molecular complexity index is 365. The van der Waals surface area contributed by atoms with Crippen molar-refractivity contribution in [3.8, 4) is 0 Å². The maximum Gasteiger partial charge on any atom is 0.319 e. The van der Waals surface area contributed by atoms with Gasteiger partial charge in [-0.25, -0.2) is 0 Å². The van der Waals surface area contributed by atoms with E-state index in [0.717, 1.165) is 31.3 Å². The summed E-state index contributed by atoms with van der Waals surface area (Å²) in [6.07, 6.45) is 8.43. The normalized spacial score (nSPS) is 29.4. The maximum atomic E-state index is 11.8. The van der Waals surface area contributed by atoms with Crippen LogP contribution in [0.15, 0.2) is 23.8 Å². The molecule has 2 aliphatic carbocycles. The van der Waals surface area contributed by atoms with Gasteiger partial charge in [0.05, 0.1) is 7.11 Å². The Morgan fingerprint density at radius 1 is 1.47 bits per heavy atom. The van der Waals surface area contributed by atoms with Crippen molar-refractivity contribution in [3.05, 3.63) is 23.8 Å². The minimum Gasteiger partial charge on any atom is -0.468 e. The van der Waals surface area contributed by atoms with Crippen LogP contribution in [0.2, 0.25) is 0 Å². The van der Waals surface area contributed by atoms with Crippen LogP contribution in [0.4, 0.5) is 0 Å². The Morgan fingerprint density at radius 3 is 3.00 bits per heavy atom. The molecule has 0 aromatic carbocycles. The molecule has 3 heteroatoms. The maximum absolute atomic E-state index is 11.8. The number of hydrogen-bond acceptors (Lipinski definition) is 3. The first-order valence-corrected chi connectivity index (χ1v) is 5.22. The van der Waals surface area contributed by atoms with E-state index >= 15 is 0 Å². The minimum atomic E-state index is -0.638. The number of fused-ring (bicyclic) bond motifs is 1. The van der Waals surface area contributed by atoms with E-state index in [0.29, 0.717) is 0 Å². The molecule has 0 aliphatic heterocycles. The van der Waals surface area contributed by atoms with E-state index in [9.17, 15) is 9.59 Å². The van der Waals surface area contributed by atoms with E-state index in [1.54, 1.807) is 12.2 Å². The highest BCUT2D eigenvalue weighted by Crippen LogP contribution is 2.44. The number of esters is 1. The highest BCUT2D eigenvalue weighted by Gasteiger charge is 2.43. The third kappa shape index (κ3) is 1.52. The van der Waals surface area contributed by atoms with Crippen molar-refractivity contribution in [2.75, 3.05) is 7.11 Å². The first-order chi connectivity index (χ1) is 7.19. The summed E-state index contributed by atoms with van der Waals surface area (Å²) in [5, 5.41) is 0. The standard InChI is InChI=1S/C12H14O3/c1-15-11(14)12-6-3-2-4-9(12)8-10(13)5-7-12/h5,7-8H,2-4,6H2,1H3/t12-/m0/s1. The zero-order chi connectivity index (χ0) is 10.9. The topological polar surface area (TPSA) is 43.4 Å². The predicted molar refractivity (Wildman–Crippen MR) is 55.1 cm³/mol. The fraction of sp³-hybridized carbons (Fsp3) is 0.500.